The van der Waals surface area contributed by atoms with Gasteiger partial charge >= 0.3 is 6.36 Å². The van der Waals surface area contributed by atoms with Crippen molar-refractivity contribution in [3.05, 3.63) is 54.1 Å². The van der Waals surface area contributed by atoms with Crippen molar-refractivity contribution in [2.24, 2.45) is 0 Å². The molecule has 0 N–H and O–H groups in total. The van der Waals surface area contributed by atoms with Gasteiger partial charge in [-0.15, -0.1) is 13.2 Å². The number of nitrogens with zero attached hydrogens (tertiary/aromatic N) is 3. The van der Waals surface area contributed by atoms with Crippen molar-refractivity contribution in [3.63, 3.8) is 0 Å². The second-order valence-corrected chi connectivity index (χ2v) is 10.4. The maximum absolute atomic E-state index is 14.4. The largest absolute Gasteiger partial charge is 0.573 e. The fourth-order valence-corrected chi connectivity index (χ4v) is 5.24. The molecule has 1 aliphatic heterocycles. The van der Waals surface area contributed by atoms with Gasteiger partial charge in [0.05, 0.1) is 12.2 Å². The maximum Gasteiger partial charge on any atom is 0.573 e. The summed E-state index contributed by atoms with van der Waals surface area (Å²) in [6.45, 7) is 0.255. The van der Waals surface area contributed by atoms with Crippen molar-refractivity contribution < 1.29 is 27.4 Å². The molecule has 3 aromatic rings. The van der Waals surface area contributed by atoms with Crippen LogP contribution >= 0.6 is 0 Å². The van der Waals surface area contributed by atoms with E-state index < -0.39 is 17.0 Å². The Morgan fingerprint density at radius 1 is 0.946 bits per heavy atom. The van der Waals surface area contributed by atoms with E-state index in [1.165, 1.54) is 12.1 Å². The zero-order valence-electron chi connectivity index (χ0n) is 21.9. The first-order valence-corrected chi connectivity index (χ1v) is 11.9. The molecule has 182 valence electrons. The molecule has 1 aliphatic rings. The van der Waals surface area contributed by atoms with Crippen LogP contribution in [0.5, 0.6) is 11.5 Å². The Labute approximate surface area is 220 Å². The maximum atomic E-state index is 14.4. The Kier molecular flexibility index (Phi) is 6.75. The molecule has 0 spiro atoms. The molecule has 2 heterocycles. The smallest absolute Gasteiger partial charge is 0.493 e. The lowest BCUT2D eigenvalue weighted by atomic mass is 9.52. The molecule has 16 heteroatoms. The van der Waals surface area contributed by atoms with E-state index in [0.717, 1.165) is 16.5 Å². The number of carbonyl (C=O) groups excluding carboxylic acids is 1. The summed E-state index contributed by atoms with van der Waals surface area (Å²) in [6, 6.07) is 7.39. The molecule has 0 bridgehead atoms. The number of hydrogen-bond donors (Lipinski definition) is 0. The van der Waals surface area contributed by atoms with Gasteiger partial charge in [-0.25, -0.2) is 9.97 Å². The highest BCUT2D eigenvalue weighted by molar-refractivity contribution is 6.57. The summed E-state index contributed by atoms with van der Waals surface area (Å²) < 4.78 is 48.3. The lowest BCUT2D eigenvalue weighted by Gasteiger charge is -2.47. The topological polar surface area (TPSA) is 64.6 Å². The van der Waals surface area contributed by atoms with Crippen molar-refractivity contribution in [3.8, 4) is 22.6 Å². The Bertz CT molecular complexity index is 1360. The van der Waals surface area contributed by atoms with Gasteiger partial charge in [-0.2, -0.15) is 0 Å². The number of rotatable bonds is 4. The lowest BCUT2D eigenvalue weighted by molar-refractivity contribution is -0.274. The van der Waals surface area contributed by atoms with E-state index in [0.29, 0.717) is 28.2 Å². The van der Waals surface area contributed by atoms with E-state index in [2.05, 4.69) is 14.7 Å². The monoisotopic (exact) mass is 499 g/mol. The van der Waals surface area contributed by atoms with Crippen LogP contribution in [0.4, 0.5) is 13.2 Å². The summed E-state index contributed by atoms with van der Waals surface area (Å²) in [7, 11) is 13.3. The molecule has 4 rings (SSSR count). The second kappa shape index (κ2) is 9.29. The molecule has 0 saturated heterocycles. The SMILES string of the molecule is Bc1c(B)c(-c2ccc(OC(F)(F)F)cc2)c(B)c2c1OCC(B)(B)N(C(B)(B)c1ncccn1)C2=O. The Balaban J connectivity index is 1.88. The molecular formula is C21H23B7F3N3O3. The van der Waals surface area contributed by atoms with Gasteiger partial charge in [0.1, 0.15) is 72.2 Å². The average Bonchev–Trinajstić information content (AvgIpc) is 2.91. The number of amides is 1. The van der Waals surface area contributed by atoms with Gasteiger partial charge < -0.3 is 14.4 Å². The standard InChI is InChI=1S/C21H23B7F3N3O3/c22-13-11(9-2-4-10(5-3-9)37-21(29,30)31)14(23)15(24)16-12(13)17(35)34(19(25,26)8-36-16)20(27,28)18-32-6-1-7-33-18/h1-7H,8,22-28H2. The van der Waals surface area contributed by atoms with Gasteiger partial charge in [0.25, 0.3) is 5.91 Å². The third-order valence-electron chi connectivity index (χ3n) is 6.90. The summed E-state index contributed by atoms with van der Waals surface area (Å²) in [5.41, 5.74) is 4.21. The molecule has 1 amide bonds. The van der Waals surface area contributed by atoms with Crippen LogP contribution in [-0.2, 0) is 5.34 Å². The van der Waals surface area contributed by atoms with Crippen LogP contribution in [0.3, 0.4) is 0 Å². The quantitative estimate of drug-likeness (QED) is 0.337. The van der Waals surface area contributed by atoms with E-state index in [-0.39, 0.29) is 18.3 Å². The minimum atomic E-state index is -4.77. The van der Waals surface area contributed by atoms with Gasteiger partial charge in [-0.3, -0.25) is 4.79 Å². The van der Waals surface area contributed by atoms with Crippen LogP contribution in [0.1, 0.15) is 16.2 Å². The molecule has 0 unspecified atom stereocenters. The Hall–Kier alpha value is -3.17. The first-order valence-electron chi connectivity index (χ1n) is 11.9. The van der Waals surface area contributed by atoms with Crippen molar-refractivity contribution in [1.82, 2.24) is 14.9 Å². The van der Waals surface area contributed by atoms with Crippen molar-refractivity contribution in [2.45, 2.75) is 17.0 Å². The molecule has 37 heavy (non-hydrogen) atoms. The normalized spacial score (nSPS) is 15.4. The number of aromatic nitrogens is 2. The molecule has 1 aromatic heterocycles. The molecule has 0 atom stereocenters. The highest BCUT2D eigenvalue weighted by Gasteiger charge is 2.47. The Morgan fingerprint density at radius 3 is 2.11 bits per heavy atom. The van der Waals surface area contributed by atoms with Crippen molar-refractivity contribution in [1.29, 1.82) is 0 Å². The third-order valence-corrected chi connectivity index (χ3v) is 6.90. The van der Waals surface area contributed by atoms with Crippen LogP contribution in [0.2, 0.25) is 0 Å². The number of ether oxygens (including phenoxy) is 2. The number of hydrogen-bond acceptors (Lipinski definition) is 5. The lowest BCUT2D eigenvalue weighted by Crippen LogP contribution is -2.65. The first-order chi connectivity index (χ1) is 17.1. The minimum absolute atomic E-state index is 0.228. The van der Waals surface area contributed by atoms with E-state index in [1.807, 2.05) is 54.9 Å². The Morgan fingerprint density at radius 2 is 1.54 bits per heavy atom. The number of halogens is 3. The number of carbonyl (C=O) groups is 1. The fourth-order valence-electron chi connectivity index (χ4n) is 5.24. The molecule has 6 nitrogen and oxygen atoms in total. The van der Waals surface area contributed by atoms with Gasteiger partial charge in [-0.05, 0) is 29.3 Å². The zero-order valence-corrected chi connectivity index (χ0v) is 21.9. The van der Waals surface area contributed by atoms with Crippen LogP contribution in [0.25, 0.3) is 11.1 Å². The summed E-state index contributed by atoms with van der Waals surface area (Å²) in [6.07, 6.45) is -1.48. The molecule has 0 aliphatic carbocycles. The second-order valence-electron chi connectivity index (χ2n) is 10.4. The highest BCUT2D eigenvalue weighted by atomic mass is 19.4. The van der Waals surface area contributed by atoms with Gasteiger partial charge in [-0.1, -0.05) is 28.5 Å². The van der Waals surface area contributed by atoms with E-state index in [9.17, 15) is 18.0 Å². The molecular weight excluding hydrogens is 475 g/mol. The molecule has 0 saturated carbocycles. The van der Waals surface area contributed by atoms with Crippen LogP contribution in [-0.4, -0.2) is 94.0 Å². The van der Waals surface area contributed by atoms with Gasteiger partial charge in [0, 0.05) is 23.1 Å². The summed E-state index contributed by atoms with van der Waals surface area (Å²) in [5, 5.41) is -1.57. The first kappa shape index (κ1) is 26.9. The predicted molar refractivity (Wildman–Crippen MR) is 155 cm³/mol. The zero-order chi connectivity index (χ0) is 27.3. The predicted octanol–water partition coefficient (Wildman–Crippen LogP) is -5.35. The summed E-state index contributed by atoms with van der Waals surface area (Å²) in [4.78, 5) is 25.0. The van der Waals surface area contributed by atoms with Crippen LogP contribution in [0.15, 0.2) is 42.7 Å². The van der Waals surface area contributed by atoms with Crippen molar-refractivity contribution >= 4 is 77.2 Å². The number of benzene rings is 2. The van der Waals surface area contributed by atoms with Crippen LogP contribution in [0, 0.1) is 0 Å². The third kappa shape index (κ3) is 4.90. The van der Waals surface area contributed by atoms with Gasteiger partial charge in [0.15, 0.2) is 0 Å². The number of alkyl halides is 3. The molecule has 2 aromatic carbocycles. The molecule has 0 radical (unpaired) electrons. The summed E-state index contributed by atoms with van der Waals surface area (Å²) in [5.74, 6) is 0.478. The molecule has 0 fully saturated rings. The fraction of sp³-hybridized carbons (Fsp3) is 0.190. The summed E-state index contributed by atoms with van der Waals surface area (Å²) >= 11 is 0. The van der Waals surface area contributed by atoms with Gasteiger partial charge in [0.2, 0.25) is 0 Å². The number of fused-ring (bicyclic) bond motifs is 1. The van der Waals surface area contributed by atoms with E-state index in [1.54, 1.807) is 35.5 Å². The average molecular weight is 498 g/mol. The van der Waals surface area contributed by atoms with E-state index in [4.69, 9.17) is 4.74 Å². The van der Waals surface area contributed by atoms with E-state index >= 15 is 0 Å². The van der Waals surface area contributed by atoms with Crippen molar-refractivity contribution in [2.75, 3.05) is 6.61 Å². The van der Waals surface area contributed by atoms with Crippen LogP contribution < -0.4 is 25.9 Å². The highest BCUT2D eigenvalue weighted by Crippen LogP contribution is 2.33. The minimum Gasteiger partial charge on any atom is -0.493 e.